The fraction of sp³-hybridized carbons (Fsp3) is 0.435. The van der Waals surface area contributed by atoms with Crippen molar-refractivity contribution in [2.24, 2.45) is 0 Å². The first kappa shape index (κ1) is 21.2. The Hall–Kier alpha value is -2.50. The highest BCUT2D eigenvalue weighted by molar-refractivity contribution is 5.90. The summed E-state index contributed by atoms with van der Waals surface area (Å²) in [5, 5.41) is 0. The van der Waals surface area contributed by atoms with Crippen LogP contribution in [0.15, 0.2) is 36.4 Å². The molecule has 0 unspecified atom stereocenters. The standard InChI is InChI=1S/C23H25F3O3/c1-15-12-16(8-10-19(15)22(27)28-2)14-29-18-9-11-20(17-6-4-3-5-7-17)21(13-18)23(24,25)26/h8-13,17H,3-7,14H2,1-2H3. The van der Waals surface area contributed by atoms with E-state index in [9.17, 15) is 18.0 Å². The van der Waals surface area contributed by atoms with Crippen molar-refractivity contribution in [3.8, 4) is 5.75 Å². The quantitative estimate of drug-likeness (QED) is 0.537. The minimum absolute atomic E-state index is 0.0389. The number of methoxy groups -OCH3 is 1. The number of alkyl halides is 3. The van der Waals surface area contributed by atoms with Crippen LogP contribution in [0.3, 0.4) is 0 Å². The molecule has 0 spiro atoms. The van der Waals surface area contributed by atoms with Crippen LogP contribution in [0, 0.1) is 6.92 Å². The topological polar surface area (TPSA) is 35.5 Å². The lowest BCUT2D eigenvalue weighted by Gasteiger charge is -2.25. The lowest BCUT2D eigenvalue weighted by Crippen LogP contribution is -2.14. The number of carbonyl (C=O) groups excluding carboxylic acids is 1. The molecular weight excluding hydrogens is 381 g/mol. The van der Waals surface area contributed by atoms with E-state index < -0.39 is 17.7 Å². The Labute approximate surface area is 168 Å². The summed E-state index contributed by atoms with van der Waals surface area (Å²) in [7, 11) is 1.31. The number of hydrogen-bond acceptors (Lipinski definition) is 3. The number of rotatable bonds is 5. The average molecular weight is 406 g/mol. The zero-order valence-electron chi connectivity index (χ0n) is 16.6. The van der Waals surface area contributed by atoms with Gasteiger partial charge in [0, 0.05) is 0 Å². The molecule has 0 aromatic heterocycles. The predicted octanol–water partition coefficient (Wildman–Crippen LogP) is 6.43. The average Bonchev–Trinajstić information content (AvgIpc) is 2.71. The second-order valence-corrected chi connectivity index (χ2v) is 7.51. The molecule has 0 bridgehead atoms. The van der Waals surface area contributed by atoms with E-state index in [4.69, 9.17) is 9.47 Å². The summed E-state index contributed by atoms with van der Waals surface area (Å²) < 4.78 is 51.3. The second kappa shape index (κ2) is 8.89. The maximum absolute atomic E-state index is 13.7. The van der Waals surface area contributed by atoms with Crippen LogP contribution in [0.5, 0.6) is 5.75 Å². The van der Waals surface area contributed by atoms with Gasteiger partial charge >= 0.3 is 12.1 Å². The Balaban J connectivity index is 1.77. The molecule has 0 N–H and O–H groups in total. The molecule has 0 saturated heterocycles. The van der Waals surface area contributed by atoms with Crippen LogP contribution >= 0.6 is 0 Å². The van der Waals surface area contributed by atoms with E-state index >= 15 is 0 Å². The normalized spacial score (nSPS) is 15.2. The van der Waals surface area contributed by atoms with Crippen molar-refractivity contribution in [1.82, 2.24) is 0 Å². The summed E-state index contributed by atoms with van der Waals surface area (Å²) >= 11 is 0. The lowest BCUT2D eigenvalue weighted by molar-refractivity contribution is -0.138. The Morgan fingerprint density at radius 2 is 1.79 bits per heavy atom. The Kier molecular flexibility index (Phi) is 6.50. The van der Waals surface area contributed by atoms with Crippen LogP contribution in [0.4, 0.5) is 13.2 Å². The van der Waals surface area contributed by atoms with Crippen LogP contribution < -0.4 is 4.74 Å². The van der Waals surface area contributed by atoms with E-state index in [1.807, 2.05) is 0 Å². The Morgan fingerprint density at radius 3 is 2.41 bits per heavy atom. The van der Waals surface area contributed by atoms with E-state index in [-0.39, 0.29) is 18.3 Å². The van der Waals surface area contributed by atoms with Crippen LogP contribution in [0.25, 0.3) is 0 Å². The number of carbonyl (C=O) groups is 1. The molecule has 6 heteroatoms. The summed E-state index contributed by atoms with van der Waals surface area (Å²) in [6.07, 6.45) is 0.227. The first-order valence-electron chi connectivity index (χ1n) is 9.81. The van der Waals surface area contributed by atoms with E-state index in [1.54, 1.807) is 37.3 Å². The highest BCUT2D eigenvalue weighted by Gasteiger charge is 2.36. The molecule has 0 atom stereocenters. The zero-order chi connectivity index (χ0) is 21.0. The molecule has 29 heavy (non-hydrogen) atoms. The van der Waals surface area contributed by atoms with Gasteiger partial charge in [-0.15, -0.1) is 0 Å². The van der Waals surface area contributed by atoms with Gasteiger partial charge < -0.3 is 9.47 Å². The number of esters is 1. The minimum atomic E-state index is -4.41. The van der Waals surface area contributed by atoms with Gasteiger partial charge in [-0.25, -0.2) is 4.79 Å². The fourth-order valence-electron chi connectivity index (χ4n) is 3.96. The first-order valence-corrected chi connectivity index (χ1v) is 9.81. The van der Waals surface area contributed by atoms with Crippen molar-refractivity contribution in [2.45, 2.75) is 57.7 Å². The van der Waals surface area contributed by atoms with Gasteiger partial charge in [0.15, 0.2) is 0 Å². The van der Waals surface area contributed by atoms with Gasteiger partial charge in [-0.3, -0.25) is 0 Å². The van der Waals surface area contributed by atoms with Crippen LogP contribution in [0.2, 0.25) is 0 Å². The number of hydrogen-bond donors (Lipinski definition) is 0. The Bertz CT molecular complexity index is 868. The largest absolute Gasteiger partial charge is 0.489 e. The van der Waals surface area contributed by atoms with Gasteiger partial charge in [-0.05, 0) is 60.6 Å². The van der Waals surface area contributed by atoms with E-state index in [2.05, 4.69) is 0 Å². The molecule has 2 aromatic carbocycles. The number of ether oxygens (including phenoxy) is 2. The molecule has 1 fully saturated rings. The molecule has 1 saturated carbocycles. The van der Waals surface area contributed by atoms with E-state index in [0.717, 1.165) is 49.3 Å². The molecule has 3 nitrogen and oxygen atoms in total. The summed E-state index contributed by atoms with van der Waals surface area (Å²) in [5.41, 5.74) is 1.72. The van der Waals surface area contributed by atoms with Crippen LogP contribution in [0.1, 0.15) is 70.6 Å². The number of benzene rings is 2. The maximum atomic E-state index is 13.7. The zero-order valence-corrected chi connectivity index (χ0v) is 16.6. The molecule has 1 aliphatic carbocycles. The SMILES string of the molecule is COC(=O)c1ccc(COc2ccc(C3CCCCC3)c(C(F)(F)F)c2)cc1C. The Morgan fingerprint density at radius 1 is 1.07 bits per heavy atom. The lowest BCUT2D eigenvalue weighted by atomic mass is 9.82. The van der Waals surface area contributed by atoms with Crippen molar-refractivity contribution < 1.29 is 27.4 Å². The monoisotopic (exact) mass is 406 g/mol. The number of halogens is 3. The molecular formula is C23H25F3O3. The summed E-state index contributed by atoms with van der Waals surface area (Å²) in [6.45, 7) is 1.89. The molecule has 0 aliphatic heterocycles. The highest BCUT2D eigenvalue weighted by Crippen LogP contribution is 2.42. The fourth-order valence-corrected chi connectivity index (χ4v) is 3.96. The van der Waals surface area contributed by atoms with Gasteiger partial charge in [0.2, 0.25) is 0 Å². The van der Waals surface area contributed by atoms with Crippen molar-refractivity contribution in [2.75, 3.05) is 7.11 Å². The third kappa shape index (κ3) is 5.11. The van der Waals surface area contributed by atoms with Crippen LogP contribution in [-0.4, -0.2) is 13.1 Å². The van der Waals surface area contributed by atoms with Crippen molar-refractivity contribution >= 4 is 5.97 Å². The van der Waals surface area contributed by atoms with Gasteiger partial charge in [0.05, 0.1) is 18.2 Å². The third-order valence-electron chi connectivity index (χ3n) is 5.48. The van der Waals surface area contributed by atoms with Gasteiger partial charge in [0.25, 0.3) is 0 Å². The summed E-state index contributed by atoms with van der Waals surface area (Å²) in [6, 6.07) is 9.41. The molecule has 1 aliphatic rings. The van der Waals surface area contributed by atoms with Crippen molar-refractivity contribution in [3.05, 3.63) is 64.2 Å². The van der Waals surface area contributed by atoms with Gasteiger partial charge in [-0.1, -0.05) is 37.5 Å². The molecule has 0 heterocycles. The van der Waals surface area contributed by atoms with Gasteiger partial charge in [-0.2, -0.15) is 13.2 Å². The first-order chi connectivity index (χ1) is 13.8. The molecule has 0 amide bonds. The minimum Gasteiger partial charge on any atom is -0.489 e. The summed E-state index contributed by atoms with van der Waals surface area (Å²) in [4.78, 5) is 11.7. The van der Waals surface area contributed by atoms with E-state index in [0.29, 0.717) is 11.1 Å². The smallest absolute Gasteiger partial charge is 0.416 e. The van der Waals surface area contributed by atoms with Crippen molar-refractivity contribution in [3.63, 3.8) is 0 Å². The molecule has 0 radical (unpaired) electrons. The predicted molar refractivity (Wildman–Crippen MR) is 104 cm³/mol. The molecule has 2 aromatic rings. The summed E-state index contributed by atoms with van der Waals surface area (Å²) in [5.74, 6) is -0.280. The van der Waals surface area contributed by atoms with Gasteiger partial charge in [0.1, 0.15) is 12.4 Å². The van der Waals surface area contributed by atoms with Crippen molar-refractivity contribution in [1.29, 1.82) is 0 Å². The highest BCUT2D eigenvalue weighted by atomic mass is 19.4. The third-order valence-corrected chi connectivity index (χ3v) is 5.48. The number of aryl methyl sites for hydroxylation is 1. The van der Waals surface area contributed by atoms with E-state index in [1.165, 1.54) is 7.11 Å². The maximum Gasteiger partial charge on any atom is 0.416 e. The molecule has 3 rings (SSSR count). The molecule has 156 valence electrons. The second-order valence-electron chi connectivity index (χ2n) is 7.51. The van der Waals surface area contributed by atoms with Crippen LogP contribution in [-0.2, 0) is 17.5 Å².